The fraction of sp³-hybridized carbons (Fsp3) is 0.348. The van der Waals surface area contributed by atoms with Gasteiger partial charge in [0, 0.05) is 56.0 Å². The van der Waals surface area contributed by atoms with Gasteiger partial charge in [0.2, 0.25) is 5.91 Å². The van der Waals surface area contributed by atoms with E-state index in [4.69, 9.17) is 0 Å². The molecular weight excluding hydrogens is 404 g/mol. The van der Waals surface area contributed by atoms with Crippen molar-refractivity contribution < 1.29 is 23.2 Å². The molecule has 6 nitrogen and oxygen atoms in total. The molecule has 31 heavy (non-hydrogen) atoms. The Morgan fingerprint density at radius 2 is 1.39 bits per heavy atom. The monoisotopic (exact) mass is 427 g/mol. The van der Waals surface area contributed by atoms with Gasteiger partial charge in [0.05, 0.1) is 0 Å². The molecule has 0 spiro atoms. The predicted molar refractivity (Wildman–Crippen MR) is 111 cm³/mol. The molecule has 2 aromatic rings. The maximum absolute atomic E-state index is 13.4. The SMILES string of the molecule is CCC(=O)N1CCc2cc(C(=O)N3CCN(C(=O)c4ccc(F)c(F)c4)CC3)ccc21. The highest BCUT2D eigenvalue weighted by Gasteiger charge is 2.28. The molecule has 0 atom stereocenters. The van der Waals surface area contributed by atoms with Crippen molar-refractivity contribution >= 4 is 23.4 Å². The van der Waals surface area contributed by atoms with E-state index in [0.29, 0.717) is 44.7 Å². The molecular formula is C23H23F2N3O3. The van der Waals surface area contributed by atoms with E-state index in [1.807, 2.05) is 19.1 Å². The highest BCUT2D eigenvalue weighted by atomic mass is 19.2. The van der Waals surface area contributed by atoms with Gasteiger partial charge >= 0.3 is 0 Å². The van der Waals surface area contributed by atoms with Gasteiger partial charge in [-0.05, 0) is 48.4 Å². The lowest BCUT2D eigenvalue weighted by Gasteiger charge is -2.35. The summed E-state index contributed by atoms with van der Waals surface area (Å²) < 4.78 is 26.5. The highest BCUT2D eigenvalue weighted by Crippen LogP contribution is 2.30. The average molecular weight is 427 g/mol. The van der Waals surface area contributed by atoms with E-state index < -0.39 is 11.6 Å². The van der Waals surface area contributed by atoms with Crippen molar-refractivity contribution in [2.45, 2.75) is 19.8 Å². The minimum Gasteiger partial charge on any atom is -0.335 e. The first-order valence-electron chi connectivity index (χ1n) is 10.4. The van der Waals surface area contributed by atoms with Gasteiger partial charge in [-0.1, -0.05) is 6.92 Å². The Morgan fingerprint density at radius 1 is 0.806 bits per heavy atom. The van der Waals surface area contributed by atoms with E-state index >= 15 is 0 Å². The largest absolute Gasteiger partial charge is 0.335 e. The van der Waals surface area contributed by atoms with E-state index in [9.17, 15) is 23.2 Å². The van der Waals surface area contributed by atoms with Crippen LogP contribution in [-0.4, -0.2) is 60.2 Å². The summed E-state index contributed by atoms with van der Waals surface area (Å²) in [7, 11) is 0. The Labute approximate surface area is 179 Å². The van der Waals surface area contributed by atoms with E-state index in [1.54, 1.807) is 15.9 Å². The molecule has 0 aromatic heterocycles. The average Bonchev–Trinajstić information content (AvgIpc) is 3.23. The number of piperazine rings is 1. The van der Waals surface area contributed by atoms with Crippen LogP contribution in [0.15, 0.2) is 36.4 Å². The number of carbonyl (C=O) groups excluding carboxylic acids is 3. The Balaban J connectivity index is 1.40. The van der Waals surface area contributed by atoms with Gasteiger partial charge in [-0.15, -0.1) is 0 Å². The molecule has 0 N–H and O–H groups in total. The van der Waals surface area contributed by atoms with Crippen LogP contribution in [0.3, 0.4) is 0 Å². The number of halogens is 2. The van der Waals surface area contributed by atoms with Gasteiger partial charge in [-0.2, -0.15) is 0 Å². The molecule has 0 aliphatic carbocycles. The van der Waals surface area contributed by atoms with Crippen LogP contribution in [0.25, 0.3) is 0 Å². The van der Waals surface area contributed by atoms with Gasteiger partial charge < -0.3 is 14.7 Å². The molecule has 2 heterocycles. The Morgan fingerprint density at radius 3 is 1.97 bits per heavy atom. The molecule has 0 unspecified atom stereocenters. The van der Waals surface area contributed by atoms with Gasteiger partial charge in [-0.3, -0.25) is 14.4 Å². The number of anilines is 1. The van der Waals surface area contributed by atoms with E-state index in [1.165, 1.54) is 11.0 Å². The molecule has 0 bridgehead atoms. The van der Waals surface area contributed by atoms with Crippen LogP contribution in [-0.2, 0) is 11.2 Å². The van der Waals surface area contributed by atoms with Crippen molar-refractivity contribution in [1.82, 2.24) is 9.80 Å². The first-order chi connectivity index (χ1) is 14.9. The summed E-state index contributed by atoms with van der Waals surface area (Å²) in [6.07, 6.45) is 1.16. The van der Waals surface area contributed by atoms with Crippen LogP contribution < -0.4 is 4.90 Å². The van der Waals surface area contributed by atoms with Crippen LogP contribution in [0.1, 0.15) is 39.6 Å². The number of nitrogens with zero attached hydrogens (tertiary/aromatic N) is 3. The molecule has 2 aromatic carbocycles. The third-order valence-electron chi connectivity index (χ3n) is 5.85. The molecule has 2 aliphatic rings. The third-order valence-corrected chi connectivity index (χ3v) is 5.85. The van der Waals surface area contributed by atoms with Crippen molar-refractivity contribution in [3.8, 4) is 0 Å². The Kier molecular flexibility index (Phi) is 5.71. The molecule has 0 radical (unpaired) electrons. The summed E-state index contributed by atoms with van der Waals surface area (Å²) in [5.41, 5.74) is 2.50. The lowest BCUT2D eigenvalue weighted by Crippen LogP contribution is -2.50. The molecule has 0 saturated carbocycles. The third kappa shape index (κ3) is 4.02. The summed E-state index contributed by atoms with van der Waals surface area (Å²) in [5, 5.41) is 0. The minimum atomic E-state index is -1.06. The van der Waals surface area contributed by atoms with Crippen LogP contribution in [0.2, 0.25) is 0 Å². The lowest BCUT2D eigenvalue weighted by atomic mass is 10.1. The second-order valence-corrected chi connectivity index (χ2v) is 7.71. The number of carbonyl (C=O) groups is 3. The van der Waals surface area contributed by atoms with Gasteiger partial charge in [0.1, 0.15) is 0 Å². The van der Waals surface area contributed by atoms with Crippen molar-refractivity contribution in [3.63, 3.8) is 0 Å². The first kappa shape index (κ1) is 21.0. The quantitative estimate of drug-likeness (QED) is 0.757. The number of benzene rings is 2. The zero-order valence-electron chi connectivity index (χ0n) is 17.2. The normalized spacial score (nSPS) is 15.8. The molecule has 4 rings (SSSR count). The summed E-state index contributed by atoms with van der Waals surface area (Å²) >= 11 is 0. The zero-order chi connectivity index (χ0) is 22.1. The van der Waals surface area contributed by atoms with Crippen LogP contribution in [0.4, 0.5) is 14.5 Å². The van der Waals surface area contributed by atoms with Crippen molar-refractivity contribution in [1.29, 1.82) is 0 Å². The second kappa shape index (κ2) is 8.45. The minimum absolute atomic E-state index is 0.0691. The zero-order valence-corrected chi connectivity index (χ0v) is 17.2. The molecule has 8 heteroatoms. The number of hydrogen-bond acceptors (Lipinski definition) is 3. The summed E-state index contributed by atoms with van der Waals surface area (Å²) in [6, 6.07) is 8.50. The predicted octanol–water partition coefficient (Wildman–Crippen LogP) is 2.86. The summed E-state index contributed by atoms with van der Waals surface area (Å²) in [6.45, 7) is 3.79. The topological polar surface area (TPSA) is 60.9 Å². The maximum Gasteiger partial charge on any atom is 0.254 e. The number of hydrogen-bond donors (Lipinski definition) is 0. The van der Waals surface area contributed by atoms with Crippen LogP contribution >= 0.6 is 0 Å². The maximum atomic E-state index is 13.4. The van der Waals surface area contributed by atoms with Gasteiger partial charge in [0.15, 0.2) is 11.6 Å². The van der Waals surface area contributed by atoms with E-state index in [-0.39, 0.29) is 23.3 Å². The second-order valence-electron chi connectivity index (χ2n) is 7.71. The fourth-order valence-corrected chi connectivity index (χ4v) is 4.09. The highest BCUT2D eigenvalue weighted by molar-refractivity contribution is 5.99. The molecule has 1 fully saturated rings. The van der Waals surface area contributed by atoms with Crippen molar-refractivity contribution in [2.75, 3.05) is 37.6 Å². The van der Waals surface area contributed by atoms with Crippen LogP contribution in [0, 0.1) is 11.6 Å². The molecule has 3 amide bonds. The molecule has 2 aliphatic heterocycles. The Bertz CT molecular complexity index is 1050. The summed E-state index contributed by atoms with van der Waals surface area (Å²) in [5.74, 6) is -2.49. The smallest absolute Gasteiger partial charge is 0.254 e. The van der Waals surface area contributed by atoms with Crippen molar-refractivity contribution in [2.24, 2.45) is 0 Å². The first-order valence-corrected chi connectivity index (χ1v) is 10.4. The standard InChI is InChI=1S/C23H23F2N3O3/c1-2-21(29)28-8-7-15-13-16(4-6-20(15)28)22(30)26-9-11-27(12-10-26)23(31)17-3-5-18(24)19(25)14-17/h3-6,13-14H,2,7-12H2,1H3. The number of fused-ring (bicyclic) bond motifs is 1. The van der Waals surface area contributed by atoms with Crippen molar-refractivity contribution in [3.05, 3.63) is 64.7 Å². The van der Waals surface area contributed by atoms with Gasteiger partial charge in [0.25, 0.3) is 11.8 Å². The Hall–Kier alpha value is -3.29. The van der Waals surface area contributed by atoms with Crippen LogP contribution in [0.5, 0.6) is 0 Å². The van der Waals surface area contributed by atoms with Gasteiger partial charge in [-0.25, -0.2) is 8.78 Å². The number of rotatable bonds is 3. The lowest BCUT2D eigenvalue weighted by molar-refractivity contribution is -0.118. The van der Waals surface area contributed by atoms with E-state index in [2.05, 4.69) is 0 Å². The number of amides is 3. The fourth-order valence-electron chi connectivity index (χ4n) is 4.09. The summed E-state index contributed by atoms with van der Waals surface area (Å²) in [4.78, 5) is 42.5. The molecule has 1 saturated heterocycles. The van der Waals surface area contributed by atoms with E-state index in [0.717, 1.165) is 29.8 Å². The molecule has 162 valence electrons.